The Morgan fingerprint density at radius 1 is 0.226 bits per heavy atom. The monoisotopic (exact) mass is 653 g/mol. The van der Waals surface area contributed by atoms with Gasteiger partial charge in [-0.25, -0.2) is 0 Å². The van der Waals surface area contributed by atoms with Gasteiger partial charge in [0.05, 0.1) is 0 Å². The summed E-state index contributed by atoms with van der Waals surface area (Å²) < 4.78 is 30.0. The van der Waals surface area contributed by atoms with Crippen molar-refractivity contribution in [2.45, 2.75) is 6.43 Å². The molecule has 0 aliphatic heterocycles. The van der Waals surface area contributed by atoms with Crippen LogP contribution in [0.5, 0.6) is 0 Å². The maximum atomic E-state index is 11.7. The van der Waals surface area contributed by atoms with Crippen molar-refractivity contribution >= 4 is 0 Å². The van der Waals surface area contributed by atoms with Crippen LogP contribution in [0, 0.1) is 297 Å². The maximum absolute atomic E-state index is 11.7. The molecule has 0 aliphatic carbocycles. The molecule has 0 heterocycles. The van der Waals surface area contributed by atoms with Gasteiger partial charge >= 0.3 is 0 Å². The minimum Gasteiger partial charge on any atom is -0.196 e. The van der Waals surface area contributed by atoms with Crippen molar-refractivity contribution in [2.75, 3.05) is 0 Å². The highest BCUT2D eigenvalue weighted by Crippen LogP contribution is 1.85. The molecule has 0 saturated heterocycles. The zero-order valence-electron chi connectivity index (χ0n) is 27.3. The van der Waals surface area contributed by atoms with Crippen LogP contribution in [0.1, 0.15) is 1.37 Å². The van der Waals surface area contributed by atoms with Crippen LogP contribution < -0.4 is 0 Å². The van der Waals surface area contributed by atoms with Gasteiger partial charge in [0, 0.05) is 189 Å². The number of halogens is 2. The Morgan fingerprint density at radius 3 is 0.491 bits per heavy atom. The molecule has 0 rings (SSSR count). The van der Waals surface area contributed by atoms with E-state index in [0.29, 0.717) is 0 Å². The number of rotatable bonds is 0. The van der Waals surface area contributed by atoms with E-state index in [1.165, 1.54) is 0 Å². The molecule has 0 spiro atoms. The summed E-state index contributed by atoms with van der Waals surface area (Å²) in [7, 11) is 0. The highest BCUT2D eigenvalue weighted by molar-refractivity contribution is 5.51. The molecule has 0 saturated carbocycles. The molecule has 0 amide bonds. The minimum atomic E-state index is -2.73. The van der Waals surface area contributed by atoms with Gasteiger partial charge in [-0.2, -0.15) is 8.78 Å². The first-order chi connectivity index (χ1) is 26.8. The standard InChI is InChI=1S/C51H2F2/c1-2-3-4-5-6-7-8-9-10-11-12-13-14-15-16-17-18-19-20-21-22-23-24-25-26-27-28-29-30-31-32-33-34-35-36-37-38-39-40-41-42-43-44-45-46-47-48-49-50-51(52)53/h1,51H/i1D. The van der Waals surface area contributed by atoms with Crippen molar-refractivity contribution in [1.82, 2.24) is 0 Å². The van der Waals surface area contributed by atoms with Crippen molar-refractivity contribution in [3.05, 3.63) is 0 Å². The molecule has 0 aromatic carbocycles. The van der Waals surface area contributed by atoms with E-state index < -0.39 is 6.43 Å². The van der Waals surface area contributed by atoms with Crippen molar-refractivity contribution in [1.29, 1.82) is 0 Å². The van der Waals surface area contributed by atoms with E-state index >= 15 is 0 Å². The number of terminal acetylenes is 1. The van der Waals surface area contributed by atoms with Crippen LogP contribution in [0.15, 0.2) is 0 Å². The van der Waals surface area contributed by atoms with Crippen LogP contribution in [0.25, 0.3) is 0 Å². The summed E-state index contributed by atoms with van der Waals surface area (Å²) in [5, 5.41) is 0. The third kappa shape index (κ3) is 40.9. The fraction of sp³-hybridized carbons (Fsp3) is 0.0196. The lowest BCUT2D eigenvalue weighted by Crippen LogP contribution is -1.78. The highest BCUT2D eigenvalue weighted by atomic mass is 19.3. The van der Waals surface area contributed by atoms with Crippen LogP contribution in [-0.4, -0.2) is 6.43 Å². The van der Waals surface area contributed by atoms with Gasteiger partial charge < -0.3 is 0 Å². The molecule has 0 atom stereocenters. The molecule has 0 aromatic heterocycles. The summed E-state index contributed by atoms with van der Waals surface area (Å²) in [5.74, 6) is 118. The molecular weight excluding hydrogens is 651 g/mol. The summed E-state index contributed by atoms with van der Waals surface area (Å²) in [6.07, 6.45) is -0.860. The second kappa shape index (κ2) is 38.9. The molecule has 0 unspecified atom stereocenters. The molecule has 0 N–H and O–H groups in total. The van der Waals surface area contributed by atoms with Crippen molar-refractivity contribution < 1.29 is 10.2 Å². The van der Waals surface area contributed by atoms with Gasteiger partial charge in [0.1, 0.15) is 1.37 Å². The molecule has 0 aromatic rings. The van der Waals surface area contributed by atoms with Crippen molar-refractivity contribution in [3.63, 3.8) is 0 Å². The van der Waals surface area contributed by atoms with E-state index in [-0.39, 0.29) is 0 Å². The topological polar surface area (TPSA) is 0 Å². The predicted molar refractivity (Wildman–Crippen MR) is 201 cm³/mol. The zero-order chi connectivity index (χ0) is 38.9. The lowest BCUT2D eigenvalue weighted by Gasteiger charge is -1.73. The highest BCUT2D eigenvalue weighted by Gasteiger charge is 1.88. The van der Waals surface area contributed by atoms with Gasteiger partial charge in [0.25, 0.3) is 6.43 Å². The first-order valence-electron chi connectivity index (χ1n) is 13.5. The van der Waals surface area contributed by atoms with Crippen molar-refractivity contribution in [2.24, 2.45) is 0 Å². The lowest BCUT2D eigenvalue weighted by molar-refractivity contribution is 0.215. The molecule has 0 nitrogen and oxygen atoms in total. The molecule has 0 bridgehead atoms. The Labute approximate surface area is 312 Å². The van der Waals surface area contributed by atoms with Gasteiger partial charge in [0.2, 0.25) is 0 Å². The second-order valence-corrected chi connectivity index (χ2v) is 6.45. The zero-order valence-corrected chi connectivity index (χ0v) is 26.3. The second-order valence-electron chi connectivity index (χ2n) is 6.45. The number of hydrogen-bond donors (Lipinski definition) is 0. The van der Waals surface area contributed by atoms with Crippen LogP contribution in [-0.2, 0) is 0 Å². The summed E-state index contributed by atoms with van der Waals surface area (Å²) in [4.78, 5) is 0. The predicted octanol–water partition coefficient (Wildman–Crippen LogP) is 0.966. The smallest absolute Gasteiger partial charge is 0.196 e. The first-order valence-corrected chi connectivity index (χ1v) is 13.0. The maximum Gasteiger partial charge on any atom is 0.299 e. The first kappa shape index (κ1) is 39.9. The number of hydrogen-bond acceptors (Lipinski definition) is 0. The van der Waals surface area contributed by atoms with E-state index in [1.807, 2.05) is 12.3 Å². The third-order valence-electron chi connectivity index (χ3n) is 3.12. The van der Waals surface area contributed by atoms with E-state index in [0.717, 1.165) is 0 Å². The molecule has 0 fully saturated rings. The Balaban J connectivity index is 4.57. The average Bonchev–Trinajstić information content (AvgIpc) is 3.17. The molecule has 2 heteroatoms. The summed E-state index contributed by atoms with van der Waals surface area (Å²) in [6.45, 7) is 0. The van der Waals surface area contributed by atoms with Gasteiger partial charge in [-0.15, -0.1) is 6.40 Å². The van der Waals surface area contributed by atoms with Gasteiger partial charge in [-0.1, -0.05) is 0 Å². The van der Waals surface area contributed by atoms with Crippen LogP contribution in [0.4, 0.5) is 8.78 Å². The summed E-state index contributed by atoms with van der Waals surface area (Å²) in [6, 6.07) is 0. The Kier molecular flexibility index (Phi) is 29.3. The molecule has 220 valence electrons. The largest absolute Gasteiger partial charge is 0.299 e. The Hall–Kier alpha value is -11.1. The Morgan fingerprint density at radius 2 is 0.358 bits per heavy atom. The SMILES string of the molecule is [2H]C#CC#CC#CC#CC#CC#CC#CC#CC#CC#CC#CC#CC#CC#CC#CC#CC#CC#CC#CC#CC#CC#CC#CC#CC#CC(F)F. The van der Waals surface area contributed by atoms with Crippen LogP contribution >= 0.6 is 0 Å². The average molecular weight is 654 g/mol. The van der Waals surface area contributed by atoms with Crippen LogP contribution in [0.2, 0.25) is 0 Å². The van der Waals surface area contributed by atoms with Gasteiger partial charge in [-0.05, 0) is 101 Å². The van der Waals surface area contributed by atoms with Crippen molar-refractivity contribution in [3.8, 4) is 297 Å². The molecule has 0 aliphatic rings. The normalized spacial score (nSPS) is 4.47. The lowest BCUT2D eigenvalue weighted by atomic mass is 10.4. The molecular formula is C51H2F2. The third-order valence-corrected chi connectivity index (χ3v) is 3.12. The Bertz CT molecular complexity index is 3230. The quantitative estimate of drug-likeness (QED) is 0.343. The molecule has 53 heavy (non-hydrogen) atoms. The summed E-state index contributed by atoms with van der Waals surface area (Å²) in [5.41, 5.74) is 0. The van der Waals surface area contributed by atoms with E-state index in [1.54, 1.807) is 5.92 Å². The van der Waals surface area contributed by atoms with Crippen LogP contribution in [0.3, 0.4) is 0 Å². The fourth-order valence-corrected chi connectivity index (χ4v) is 1.53. The molecule has 0 radical (unpaired) electrons. The minimum absolute atomic E-state index is 1.57. The summed E-state index contributed by atoms with van der Waals surface area (Å²) >= 11 is 0. The van der Waals surface area contributed by atoms with Gasteiger partial charge in [0.15, 0.2) is 0 Å². The number of alkyl halides is 2. The van der Waals surface area contributed by atoms with Gasteiger partial charge in [-0.3, -0.25) is 0 Å². The fourth-order valence-electron chi connectivity index (χ4n) is 1.53. The van der Waals surface area contributed by atoms with E-state index in [4.69, 9.17) is 1.37 Å². The van der Waals surface area contributed by atoms with E-state index in [2.05, 4.69) is 278 Å². The van der Waals surface area contributed by atoms with E-state index in [9.17, 15) is 8.78 Å².